The van der Waals surface area contributed by atoms with Crippen molar-refractivity contribution >= 4 is 18.1 Å². The number of ether oxygens (including phenoxy) is 3. The lowest BCUT2D eigenvalue weighted by Gasteiger charge is -2.08. The molecule has 8 heteroatoms. The average Bonchev–Trinajstić information content (AvgIpc) is 2.66. The minimum atomic E-state index is -1.05. The van der Waals surface area contributed by atoms with Gasteiger partial charge in [-0.15, -0.1) is 0 Å². The fourth-order valence-corrected chi connectivity index (χ4v) is 2.01. The molecule has 8 nitrogen and oxygen atoms in total. The van der Waals surface area contributed by atoms with E-state index in [0.29, 0.717) is 28.4 Å². The fraction of sp³-hybridized carbons (Fsp3) is 0.167. The molecule has 2 rings (SSSR count). The monoisotopic (exact) mass is 358 g/mol. The van der Waals surface area contributed by atoms with Crippen molar-refractivity contribution in [3.8, 4) is 17.2 Å². The SMILES string of the molecule is COc1ccc(C(=O)NN=Cc2ccc(OCC(=O)O)cc2)c(OC)c1. The summed E-state index contributed by atoms with van der Waals surface area (Å²) in [5.74, 6) is -0.102. The third-order valence-electron chi connectivity index (χ3n) is 3.28. The Balaban J connectivity index is 1.97. The van der Waals surface area contributed by atoms with Gasteiger partial charge in [0.25, 0.3) is 5.91 Å². The van der Waals surface area contributed by atoms with Gasteiger partial charge in [0.15, 0.2) is 6.61 Å². The van der Waals surface area contributed by atoms with Crippen molar-refractivity contribution < 1.29 is 28.9 Å². The summed E-state index contributed by atoms with van der Waals surface area (Å²) in [5.41, 5.74) is 3.44. The summed E-state index contributed by atoms with van der Waals surface area (Å²) in [5, 5.41) is 12.4. The molecule has 0 aliphatic heterocycles. The molecular weight excluding hydrogens is 340 g/mol. The molecule has 0 unspecified atom stereocenters. The molecule has 136 valence electrons. The van der Waals surface area contributed by atoms with Gasteiger partial charge in [-0.05, 0) is 42.0 Å². The van der Waals surface area contributed by atoms with Gasteiger partial charge in [-0.2, -0.15) is 5.10 Å². The van der Waals surface area contributed by atoms with Gasteiger partial charge in [-0.1, -0.05) is 0 Å². The van der Waals surface area contributed by atoms with Gasteiger partial charge < -0.3 is 19.3 Å². The second-order valence-corrected chi connectivity index (χ2v) is 5.02. The first-order valence-corrected chi connectivity index (χ1v) is 7.53. The van der Waals surface area contributed by atoms with E-state index in [0.717, 1.165) is 0 Å². The Kier molecular flexibility index (Phi) is 6.55. The Morgan fingerprint density at radius 3 is 2.38 bits per heavy atom. The van der Waals surface area contributed by atoms with Crippen LogP contribution in [0.25, 0.3) is 0 Å². The lowest BCUT2D eigenvalue weighted by atomic mass is 10.2. The summed E-state index contributed by atoms with van der Waals surface area (Å²) in [6.07, 6.45) is 1.45. The van der Waals surface area contributed by atoms with E-state index in [4.69, 9.17) is 19.3 Å². The summed E-state index contributed by atoms with van der Waals surface area (Å²) in [4.78, 5) is 22.6. The second kappa shape index (κ2) is 9.07. The predicted octanol–water partition coefficient (Wildman–Crippen LogP) is 1.93. The molecule has 0 atom stereocenters. The topological polar surface area (TPSA) is 106 Å². The molecule has 0 radical (unpaired) electrons. The molecule has 0 fully saturated rings. The first kappa shape index (κ1) is 18.8. The Morgan fingerprint density at radius 1 is 1.08 bits per heavy atom. The Bertz CT molecular complexity index is 802. The summed E-state index contributed by atoms with van der Waals surface area (Å²) in [6.45, 7) is -0.410. The van der Waals surface area contributed by atoms with Crippen molar-refractivity contribution in [1.82, 2.24) is 5.43 Å². The van der Waals surface area contributed by atoms with E-state index in [-0.39, 0.29) is 0 Å². The molecule has 0 bridgehead atoms. The van der Waals surface area contributed by atoms with Crippen molar-refractivity contribution in [2.45, 2.75) is 0 Å². The summed E-state index contributed by atoms with van der Waals surface area (Å²) < 4.78 is 15.3. The molecule has 26 heavy (non-hydrogen) atoms. The van der Waals surface area contributed by atoms with Gasteiger partial charge >= 0.3 is 5.97 Å². The van der Waals surface area contributed by atoms with E-state index in [1.807, 2.05) is 0 Å². The number of nitrogens with zero attached hydrogens (tertiary/aromatic N) is 1. The number of hydrogen-bond donors (Lipinski definition) is 2. The largest absolute Gasteiger partial charge is 0.497 e. The van der Waals surface area contributed by atoms with Crippen LogP contribution in [0, 0.1) is 0 Å². The van der Waals surface area contributed by atoms with Crippen LogP contribution in [-0.4, -0.2) is 44.0 Å². The molecule has 0 aliphatic rings. The lowest BCUT2D eigenvalue weighted by Crippen LogP contribution is -2.18. The summed E-state index contributed by atoms with van der Waals surface area (Å²) in [6, 6.07) is 11.4. The Morgan fingerprint density at radius 2 is 1.77 bits per heavy atom. The van der Waals surface area contributed by atoms with E-state index in [9.17, 15) is 9.59 Å². The molecule has 2 aromatic rings. The quantitative estimate of drug-likeness (QED) is 0.552. The molecule has 0 heterocycles. The first-order chi connectivity index (χ1) is 12.5. The van der Waals surface area contributed by atoms with Crippen LogP contribution in [0.15, 0.2) is 47.6 Å². The van der Waals surface area contributed by atoms with Crippen molar-refractivity contribution in [2.75, 3.05) is 20.8 Å². The number of methoxy groups -OCH3 is 2. The third kappa shape index (κ3) is 5.23. The van der Waals surface area contributed by atoms with Crippen LogP contribution in [0.1, 0.15) is 15.9 Å². The molecule has 0 aromatic heterocycles. The standard InChI is InChI=1S/C18H18N2O6/c1-24-14-7-8-15(16(9-14)25-2)18(23)20-19-10-12-3-5-13(6-4-12)26-11-17(21)22/h3-10H,11H2,1-2H3,(H,20,23)(H,21,22). The van der Waals surface area contributed by atoms with Gasteiger partial charge in [0.05, 0.1) is 26.0 Å². The Labute approximate surface area is 150 Å². The van der Waals surface area contributed by atoms with Crippen LogP contribution in [0.3, 0.4) is 0 Å². The van der Waals surface area contributed by atoms with Crippen molar-refractivity contribution in [1.29, 1.82) is 0 Å². The number of benzene rings is 2. The van der Waals surface area contributed by atoms with Crippen molar-refractivity contribution in [3.63, 3.8) is 0 Å². The number of carbonyl (C=O) groups is 2. The first-order valence-electron chi connectivity index (χ1n) is 7.53. The summed E-state index contributed by atoms with van der Waals surface area (Å²) in [7, 11) is 2.99. The maximum Gasteiger partial charge on any atom is 0.341 e. The molecule has 0 aliphatic carbocycles. The van der Waals surface area contributed by atoms with Gasteiger partial charge in [-0.3, -0.25) is 4.79 Å². The number of carbonyl (C=O) groups excluding carboxylic acids is 1. The number of aliphatic carboxylic acids is 1. The number of hydrazone groups is 1. The zero-order valence-corrected chi connectivity index (χ0v) is 14.3. The minimum absolute atomic E-state index is 0.322. The van der Waals surface area contributed by atoms with Crippen LogP contribution in [0.2, 0.25) is 0 Å². The van der Waals surface area contributed by atoms with Gasteiger partial charge in [-0.25, -0.2) is 10.2 Å². The zero-order chi connectivity index (χ0) is 18.9. The number of nitrogens with one attached hydrogen (secondary N) is 1. The van der Waals surface area contributed by atoms with E-state index < -0.39 is 18.5 Å². The highest BCUT2D eigenvalue weighted by molar-refractivity contribution is 5.97. The maximum atomic E-state index is 12.2. The number of amides is 1. The van der Waals surface area contributed by atoms with Gasteiger partial charge in [0, 0.05) is 6.07 Å². The second-order valence-electron chi connectivity index (χ2n) is 5.02. The van der Waals surface area contributed by atoms with Gasteiger partial charge in [0.1, 0.15) is 17.2 Å². The van der Waals surface area contributed by atoms with E-state index in [1.54, 1.807) is 42.5 Å². The van der Waals surface area contributed by atoms with Crippen LogP contribution >= 0.6 is 0 Å². The average molecular weight is 358 g/mol. The van der Waals surface area contributed by atoms with Crippen molar-refractivity contribution in [2.24, 2.45) is 5.10 Å². The van der Waals surface area contributed by atoms with Gasteiger partial charge in [0.2, 0.25) is 0 Å². The zero-order valence-electron chi connectivity index (χ0n) is 14.3. The fourth-order valence-electron chi connectivity index (χ4n) is 2.01. The number of rotatable bonds is 8. The van der Waals surface area contributed by atoms with E-state index in [1.165, 1.54) is 20.4 Å². The minimum Gasteiger partial charge on any atom is -0.497 e. The van der Waals surface area contributed by atoms with E-state index >= 15 is 0 Å². The molecule has 2 aromatic carbocycles. The maximum absolute atomic E-state index is 12.2. The molecule has 0 spiro atoms. The van der Waals surface area contributed by atoms with E-state index in [2.05, 4.69) is 10.5 Å². The highest BCUT2D eigenvalue weighted by Gasteiger charge is 2.12. The molecule has 0 saturated carbocycles. The molecule has 2 N–H and O–H groups in total. The van der Waals surface area contributed by atoms with Crippen LogP contribution in [0.5, 0.6) is 17.2 Å². The molecule has 1 amide bonds. The highest BCUT2D eigenvalue weighted by Crippen LogP contribution is 2.24. The number of carboxylic acid groups (broad SMARTS) is 1. The smallest absolute Gasteiger partial charge is 0.341 e. The van der Waals surface area contributed by atoms with Crippen LogP contribution in [-0.2, 0) is 4.79 Å². The summed E-state index contributed by atoms with van der Waals surface area (Å²) >= 11 is 0. The number of carboxylic acids is 1. The predicted molar refractivity (Wildman–Crippen MR) is 94.2 cm³/mol. The van der Waals surface area contributed by atoms with Crippen LogP contribution in [0.4, 0.5) is 0 Å². The molecular formula is C18H18N2O6. The highest BCUT2D eigenvalue weighted by atomic mass is 16.5. The van der Waals surface area contributed by atoms with Crippen molar-refractivity contribution in [3.05, 3.63) is 53.6 Å². The number of hydrogen-bond acceptors (Lipinski definition) is 6. The molecule has 0 saturated heterocycles. The normalized spacial score (nSPS) is 10.4. The van der Waals surface area contributed by atoms with Crippen LogP contribution < -0.4 is 19.6 Å². The lowest BCUT2D eigenvalue weighted by molar-refractivity contribution is -0.139. The third-order valence-corrected chi connectivity index (χ3v) is 3.28. The Hall–Kier alpha value is -3.55.